The lowest BCUT2D eigenvalue weighted by molar-refractivity contribution is 0.0951. The second-order valence-electron chi connectivity index (χ2n) is 4.25. The van der Waals surface area contributed by atoms with E-state index in [-0.39, 0.29) is 5.91 Å². The second kappa shape index (κ2) is 6.64. The molecular formula is C15H14Cl2N2O. The second-order valence-corrected chi connectivity index (χ2v) is 5.12. The van der Waals surface area contributed by atoms with E-state index >= 15 is 0 Å². The van der Waals surface area contributed by atoms with Gasteiger partial charge in [0.2, 0.25) is 0 Å². The van der Waals surface area contributed by atoms with Crippen LogP contribution < -0.4 is 10.6 Å². The summed E-state index contributed by atoms with van der Waals surface area (Å²) in [6.45, 7) is 0.436. The number of benzene rings is 2. The van der Waals surface area contributed by atoms with Crippen LogP contribution in [0.4, 0.5) is 5.69 Å². The van der Waals surface area contributed by atoms with Crippen LogP contribution in [0.1, 0.15) is 15.9 Å². The van der Waals surface area contributed by atoms with Gasteiger partial charge in [0.1, 0.15) is 0 Å². The molecule has 0 atom stereocenters. The molecule has 2 aromatic rings. The molecule has 2 aromatic carbocycles. The first-order valence-electron chi connectivity index (χ1n) is 6.10. The van der Waals surface area contributed by atoms with E-state index in [0.717, 1.165) is 11.3 Å². The van der Waals surface area contributed by atoms with Crippen molar-refractivity contribution in [1.82, 2.24) is 5.32 Å². The SMILES string of the molecule is CNc1ccc(Cl)cc1C(=O)NCc1ccc(Cl)cc1. The highest BCUT2D eigenvalue weighted by Crippen LogP contribution is 2.20. The Morgan fingerprint density at radius 2 is 1.70 bits per heavy atom. The summed E-state index contributed by atoms with van der Waals surface area (Å²) < 4.78 is 0. The van der Waals surface area contributed by atoms with E-state index in [0.29, 0.717) is 22.2 Å². The predicted octanol–water partition coefficient (Wildman–Crippen LogP) is 3.97. The van der Waals surface area contributed by atoms with E-state index in [4.69, 9.17) is 23.2 Å². The molecule has 0 aliphatic rings. The maximum atomic E-state index is 12.2. The fourth-order valence-corrected chi connectivity index (χ4v) is 2.10. The molecule has 0 saturated heterocycles. The summed E-state index contributed by atoms with van der Waals surface area (Å²) in [7, 11) is 1.76. The fourth-order valence-electron chi connectivity index (χ4n) is 1.80. The number of nitrogens with one attached hydrogen (secondary N) is 2. The van der Waals surface area contributed by atoms with Crippen LogP contribution in [0.25, 0.3) is 0 Å². The number of carbonyl (C=O) groups is 1. The molecule has 2 rings (SSSR count). The highest BCUT2D eigenvalue weighted by Gasteiger charge is 2.11. The van der Waals surface area contributed by atoms with Crippen LogP contribution in [-0.2, 0) is 6.54 Å². The molecule has 104 valence electrons. The number of hydrogen-bond acceptors (Lipinski definition) is 2. The Morgan fingerprint density at radius 1 is 1.05 bits per heavy atom. The molecule has 3 nitrogen and oxygen atoms in total. The van der Waals surface area contributed by atoms with Gasteiger partial charge in [-0.25, -0.2) is 0 Å². The van der Waals surface area contributed by atoms with Gasteiger partial charge < -0.3 is 10.6 Å². The number of rotatable bonds is 4. The molecule has 2 N–H and O–H groups in total. The van der Waals surface area contributed by atoms with Crippen LogP contribution in [0.5, 0.6) is 0 Å². The fraction of sp³-hybridized carbons (Fsp3) is 0.133. The van der Waals surface area contributed by atoms with Gasteiger partial charge in [-0.15, -0.1) is 0 Å². The normalized spacial score (nSPS) is 10.2. The predicted molar refractivity (Wildman–Crippen MR) is 83.6 cm³/mol. The monoisotopic (exact) mass is 308 g/mol. The Labute approximate surface area is 127 Å². The molecule has 0 spiro atoms. The zero-order valence-corrected chi connectivity index (χ0v) is 12.4. The van der Waals surface area contributed by atoms with Gasteiger partial charge in [-0.3, -0.25) is 4.79 Å². The van der Waals surface area contributed by atoms with Crippen LogP contribution in [-0.4, -0.2) is 13.0 Å². The molecule has 0 radical (unpaired) electrons. The standard InChI is InChI=1S/C15H14Cl2N2O/c1-18-14-7-6-12(17)8-13(14)15(20)19-9-10-2-4-11(16)5-3-10/h2-8,18H,9H2,1H3,(H,19,20). The van der Waals surface area contributed by atoms with E-state index in [1.807, 2.05) is 12.1 Å². The summed E-state index contributed by atoms with van der Waals surface area (Å²) in [5.74, 6) is -0.174. The van der Waals surface area contributed by atoms with Crippen molar-refractivity contribution < 1.29 is 4.79 Å². The first-order chi connectivity index (χ1) is 9.60. The summed E-state index contributed by atoms with van der Waals surface area (Å²) in [5, 5.41) is 7.03. The van der Waals surface area contributed by atoms with Gasteiger partial charge in [0.25, 0.3) is 5.91 Å². The minimum absolute atomic E-state index is 0.174. The molecule has 5 heteroatoms. The first-order valence-corrected chi connectivity index (χ1v) is 6.85. The number of anilines is 1. The van der Waals surface area contributed by atoms with Crippen LogP contribution in [0, 0.1) is 0 Å². The third kappa shape index (κ3) is 3.65. The molecule has 0 fully saturated rings. The van der Waals surface area contributed by atoms with Gasteiger partial charge in [0.15, 0.2) is 0 Å². The molecular weight excluding hydrogens is 295 g/mol. The van der Waals surface area contributed by atoms with Crippen molar-refractivity contribution in [2.45, 2.75) is 6.54 Å². The first kappa shape index (κ1) is 14.7. The smallest absolute Gasteiger partial charge is 0.253 e. The van der Waals surface area contributed by atoms with Gasteiger partial charge in [-0.1, -0.05) is 35.3 Å². The van der Waals surface area contributed by atoms with E-state index in [1.54, 1.807) is 37.4 Å². The van der Waals surface area contributed by atoms with Crippen molar-refractivity contribution in [3.05, 3.63) is 63.6 Å². The third-order valence-electron chi connectivity index (χ3n) is 2.86. The summed E-state index contributed by atoms with van der Waals surface area (Å²) >= 11 is 11.7. The van der Waals surface area contributed by atoms with Crippen LogP contribution in [0.3, 0.4) is 0 Å². The average molecular weight is 309 g/mol. The maximum Gasteiger partial charge on any atom is 0.253 e. The zero-order valence-electron chi connectivity index (χ0n) is 10.9. The number of hydrogen-bond donors (Lipinski definition) is 2. The average Bonchev–Trinajstić information content (AvgIpc) is 2.46. The van der Waals surface area contributed by atoms with Crippen molar-refractivity contribution in [3.63, 3.8) is 0 Å². The summed E-state index contributed by atoms with van der Waals surface area (Å²) in [5.41, 5.74) is 2.24. The third-order valence-corrected chi connectivity index (χ3v) is 3.35. The van der Waals surface area contributed by atoms with Gasteiger partial charge in [0.05, 0.1) is 5.56 Å². The minimum Gasteiger partial charge on any atom is -0.387 e. The van der Waals surface area contributed by atoms with Crippen LogP contribution in [0.2, 0.25) is 10.0 Å². The van der Waals surface area contributed by atoms with E-state index in [9.17, 15) is 4.79 Å². The van der Waals surface area contributed by atoms with E-state index < -0.39 is 0 Å². The number of amides is 1. The number of carbonyl (C=O) groups excluding carboxylic acids is 1. The summed E-state index contributed by atoms with van der Waals surface area (Å²) in [6.07, 6.45) is 0. The van der Waals surface area contributed by atoms with E-state index in [2.05, 4.69) is 10.6 Å². The molecule has 0 bridgehead atoms. The summed E-state index contributed by atoms with van der Waals surface area (Å²) in [6, 6.07) is 12.5. The van der Waals surface area contributed by atoms with Gasteiger partial charge in [0, 0.05) is 29.3 Å². The van der Waals surface area contributed by atoms with Crippen molar-refractivity contribution in [2.24, 2.45) is 0 Å². The highest BCUT2D eigenvalue weighted by atomic mass is 35.5. The molecule has 0 saturated carbocycles. The molecule has 0 aromatic heterocycles. The van der Waals surface area contributed by atoms with Crippen molar-refractivity contribution in [1.29, 1.82) is 0 Å². The Bertz CT molecular complexity index is 612. The zero-order chi connectivity index (χ0) is 14.5. The Morgan fingerprint density at radius 3 is 2.35 bits per heavy atom. The van der Waals surface area contributed by atoms with Crippen LogP contribution in [0.15, 0.2) is 42.5 Å². The molecule has 0 unspecified atom stereocenters. The lowest BCUT2D eigenvalue weighted by atomic mass is 10.1. The quantitative estimate of drug-likeness (QED) is 0.897. The minimum atomic E-state index is -0.174. The number of halogens is 2. The Hall–Kier alpha value is -1.71. The lowest BCUT2D eigenvalue weighted by Crippen LogP contribution is -2.23. The van der Waals surface area contributed by atoms with Gasteiger partial charge in [-0.05, 0) is 35.9 Å². The highest BCUT2D eigenvalue weighted by molar-refractivity contribution is 6.31. The molecule has 0 aliphatic carbocycles. The summed E-state index contributed by atoms with van der Waals surface area (Å²) in [4.78, 5) is 12.2. The maximum absolute atomic E-state index is 12.2. The largest absolute Gasteiger partial charge is 0.387 e. The van der Waals surface area contributed by atoms with Crippen molar-refractivity contribution in [2.75, 3.05) is 12.4 Å². The molecule has 1 amide bonds. The van der Waals surface area contributed by atoms with Gasteiger partial charge >= 0.3 is 0 Å². The van der Waals surface area contributed by atoms with E-state index in [1.165, 1.54) is 0 Å². The molecule has 0 heterocycles. The Balaban J connectivity index is 2.08. The Kier molecular flexibility index (Phi) is 4.88. The molecule has 20 heavy (non-hydrogen) atoms. The molecule has 0 aliphatic heterocycles. The lowest BCUT2D eigenvalue weighted by Gasteiger charge is -2.10. The van der Waals surface area contributed by atoms with Crippen molar-refractivity contribution in [3.8, 4) is 0 Å². The van der Waals surface area contributed by atoms with Crippen LogP contribution >= 0.6 is 23.2 Å². The van der Waals surface area contributed by atoms with Crippen molar-refractivity contribution >= 4 is 34.8 Å². The van der Waals surface area contributed by atoms with Gasteiger partial charge in [-0.2, -0.15) is 0 Å². The topological polar surface area (TPSA) is 41.1 Å².